The van der Waals surface area contributed by atoms with Gasteiger partial charge in [-0.1, -0.05) is 49.7 Å². The fourth-order valence-electron chi connectivity index (χ4n) is 3.83. The Labute approximate surface area is 153 Å². The fourth-order valence-corrected chi connectivity index (χ4v) is 4.02. The van der Waals surface area contributed by atoms with Gasteiger partial charge in [-0.25, -0.2) is 0 Å². The number of anilines is 2. The van der Waals surface area contributed by atoms with Gasteiger partial charge in [-0.15, -0.1) is 0 Å². The molecule has 3 nitrogen and oxygen atoms in total. The van der Waals surface area contributed by atoms with Crippen molar-refractivity contribution >= 4 is 28.8 Å². The lowest BCUT2D eigenvalue weighted by Gasteiger charge is -2.34. The number of carbonyl (C=O) groups excluding carboxylic acids is 1. The molecule has 0 saturated heterocycles. The van der Waals surface area contributed by atoms with E-state index in [1.54, 1.807) is 0 Å². The Hall–Kier alpha value is -2.26. The van der Waals surface area contributed by atoms with Gasteiger partial charge in [0.1, 0.15) is 0 Å². The Morgan fingerprint density at radius 3 is 2.56 bits per heavy atom. The van der Waals surface area contributed by atoms with Gasteiger partial charge in [0.25, 0.3) is 0 Å². The summed E-state index contributed by atoms with van der Waals surface area (Å²) in [6.07, 6.45) is 1.41. The maximum absolute atomic E-state index is 13.0. The first-order valence-corrected chi connectivity index (χ1v) is 8.95. The fraction of sp³-hybridized carbons (Fsp3) is 0.286. The molecule has 1 heterocycles. The number of allylic oxidation sites excluding steroid dienone is 1. The van der Waals surface area contributed by atoms with Crippen molar-refractivity contribution < 1.29 is 4.79 Å². The van der Waals surface area contributed by atoms with Gasteiger partial charge in [-0.2, -0.15) is 0 Å². The van der Waals surface area contributed by atoms with Crippen molar-refractivity contribution in [2.45, 2.75) is 32.7 Å². The molecule has 2 aromatic carbocycles. The minimum atomic E-state index is -0.201. The van der Waals surface area contributed by atoms with E-state index in [-0.39, 0.29) is 17.2 Å². The van der Waals surface area contributed by atoms with E-state index in [1.807, 2.05) is 48.5 Å². The van der Waals surface area contributed by atoms with Crippen molar-refractivity contribution in [3.05, 3.63) is 70.4 Å². The largest absolute Gasteiger partial charge is 0.372 e. The van der Waals surface area contributed by atoms with Crippen LogP contribution < -0.4 is 10.6 Å². The molecule has 0 aromatic heterocycles. The van der Waals surface area contributed by atoms with E-state index in [0.717, 1.165) is 34.6 Å². The van der Waals surface area contributed by atoms with Crippen molar-refractivity contribution in [1.82, 2.24) is 0 Å². The highest BCUT2D eigenvalue weighted by Gasteiger charge is 2.38. The summed E-state index contributed by atoms with van der Waals surface area (Å²) in [5.41, 5.74) is 4.81. The molecule has 0 fully saturated rings. The lowest BCUT2D eigenvalue weighted by atomic mass is 9.73. The second kappa shape index (κ2) is 5.92. The Bertz CT molecular complexity index is 885. The monoisotopic (exact) mass is 352 g/mol. The summed E-state index contributed by atoms with van der Waals surface area (Å²) in [6.45, 7) is 4.30. The second-order valence-corrected chi connectivity index (χ2v) is 8.07. The molecule has 2 N–H and O–H groups in total. The molecule has 4 heteroatoms. The Kier molecular flexibility index (Phi) is 3.84. The standard InChI is InChI=1S/C21H21ClN2O/c1-21(2)11-17-19(18(25)12-21)20(13-6-5-7-14(22)10-13)24-16-9-4-3-8-15(16)23-17/h3-10,20,23-24H,11-12H2,1-2H3. The number of fused-ring (bicyclic) bond motifs is 1. The number of para-hydroxylation sites is 2. The van der Waals surface area contributed by atoms with E-state index in [1.165, 1.54) is 0 Å². The summed E-state index contributed by atoms with van der Waals surface area (Å²) >= 11 is 6.22. The van der Waals surface area contributed by atoms with Crippen LogP contribution in [0.3, 0.4) is 0 Å². The maximum Gasteiger partial charge on any atom is 0.163 e. The minimum Gasteiger partial charge on any atom is -0.372 e. The van der Waals surface area contributed by atoms with Crippen molar-refractivity contribution in [2.75, 3.05) is 10.6 Å². The zero-order valence-electron chi connectivity index (χ0n) is 14.4. The van der Waals surface area contributed by atoms with Crippen LogP contribution in [0.5, 0.6) is 0 Å². The predicted octanol–water partition coefficient (Wildman–Crippen LogP) is 5.56. The third kappa shape index (κ3) is 3.05. The second-order valence-electron chi connectivity index (χ2n) is 7.64. The minimum absolute atomic E-state index is 0.0406. The van der Waals surface area contributed by atoms with Crippen molar-refractivity contribution in [3.8, 4) is 0 Å². The molecule has 0 bridgehead atoms. The number of rotatable bonds is 1. The normalized spacial score (nSPS) is 21.6. The molecule has 1 aliphatic carbocycles. The molecule has 0 saturated carbocycles. The molecular formula is C21H21ClN2O. The molecule has 1 aliphatic heterocycles. The smallest absolute Gasteiger partial charge is 0.163 e. The summed E-state index contributed by atoms with van der Waals surface area (Å²) in [7, 11) is 0. The lowest BCUT2D eigenvalue weighted by molar-refractivity contribution is -0.118. The van der Waals surface area contributed by atoms with Gasteiger partial charge >= 0.3 is 0 Å². The molecule has 2 aromatic rings. The number of ketones is 1. The highest BCUT2D eigenvalue weighted by Crippen LogP contribution is 2.45. The summed E-state index contributed by atoms with van der Waals surface area (Å²) in [5.74, 6) is 0.198. The van der Waals surface area contributed by atoms with E-state index >= 15 is 0 Å². The molecule has 1 unspecified atom stereocenters. The van der Waals surface area contributed by atoms with Gasteiger partial charge in [0.05, 0.1) is 17.4 Å². The van der Waals surface area contributed by atoms with Gasteiger partial charge < -0.3 is 10.6 Å². The predicted molar refractivity (Wildman–Crippen MR) is 103 cm³/mol. The van der Waals surface area contributed by atoms with Crippen molar-refractivity contribution in [3.63, 3.8) is 0 Å². The first-order valence-electron chi connectivity index (χ1n) is 8.57. The van der Waals surface area contributed by atoms with Crippen LogP contribution >= 0.6 is 11.6 Å². The molecule has 0 spiro atoms. The lowest BCUT2D eigenvalue weighted by Crippen LogP contribution is -2.31. The molecule has 25 heavy (non-hydrogen) atoms. The Morgan fingerprint density at radius 2 is 1.80 bits per heavy atom. The van der Waals surface area contributed by atoms with Gasteiger partial charge in [0.2, 0.25) is 0 Å². The number of halogens is 1. The molecular weight excluding hydrogens is 332 g/mol. The number of nitrogens with one attached hydrogen (secondary N) is 2. The van der Waals surface area contributed by atoms with Crippen LogP contribution in [0, 0.1) is 5.41 Å². The molecule has 2 aliphatic rings. The zero-order valence-corrected chi connectivity index (χ0v) is 15.2. The van der Waals surface area contributed by atoms with Gasteiger partial charge in [-0.3, -0.25) is 4.79 Å². The van der Waals surface area contributed by atoms with Crippen LogP contribution in [-0.2, 0) is 4.79 Å². The van der Waals surface area contributed by atoms with Crippen molar-refractivity contribution in [1.29, 1.82) is 0 Å². The molecule has 0 amide bonds. The van der Waals surface area contributed by atoms with Crippen LogP contribution in [0.25, 0.3) is 0 Å². The third-order valence-corrected chi connectivity index (χ3v) is 5.14. The van der Waals surface area contributed by atoms with Gasteiger partial charge in [0.15, 0.2) is 5.78 Å². The van der Waals surface area contributed by atoms with Crippen LogP contribution in [0.4, 0.5) is 11.4 Å². The Morgan fingerprint density at radius 1 is 1.04 bits per heavy atom. The molecule has 4 rings (SSSR count). The van der Waals surface area contributed by atoms with E-state index < -0.39 is 0 Å². The number of hydrogen-bond acceptors (Lipinski definition) is 3. The van der Waals surface area contributed by atoms with Crippen molar-refractivity contribution in [2.24, 2.45) is 5.41 Å². The van der Waals surface area contributed by atoms with E-state index in [2.05, 4.69) is 24.5 Å². The average Bonchev–Trinajstić information content (AvgIpc) is 2.70. The number of benzene rings is 2. The van der Waals surface area contributed by atoms with Gasteiger partial charge in [-0.05, 0) is 41.7 Å². The van der Waals surface area contributed by atoms with Crippen LogP contribution in [0.15, 0.2) is 59.8 Å². The first-order chi connectivity index (χ1) is 11.9. The SMILES string of the molecule is CC1(C)CC(=O)C2=C(C1)Nc1ccccc1NC2c1cccc(Cl)c1. The summed E-state index contributed by atoms with van der Waals surface area (Å²) in [5, 5.41) is 7.76. The summed E-state index contributed by atoms with van der Waals surface area (Å²) in [6, 6.07) is 15.6. The van der Waals surface area contributed by atoms with Gasteiger partial charge in [0, 0.05) is 22.7 Å². The highest BCUT2D eigenvalue weighted by molar-refractivity contribution is 6.30. The summed E-state index contributed by atoms with van der Waals surface area (Å²) < 4.78 is 0. The molecule has 128 valence electrons. The summed E-state index contributed by atoms with van der Waals surface area (Å²) in [4.78, 5) is 13.0. The van der Waals surface area contributed by atoms with E-state index in [0.29, 0.717) is 11.4 Å². The molecule has 0 radical (unpaired) electrons. The number of Topliss-reactive ketones (excluding diaryl/α,β-unsaturated/α-hetero) is 1. The Balaban J connectivity index is 1.90. The highest BCUT2D eigenvalue weighted by atomic mass is 35.5. The molecule has 1 atom stereocenters. The van der Waals surface area contributed by atoms with Crippen LogP contribution in [0.2, 0.25) is 5.02 Å². The zero-order chi connectivity index (χ0) is 17.6. The average molecular weight is 353 g/mol. The third-order valence-electron chi connectivity index (χ3n) is 4.90. The van der Waals surface area contributed by atoms with Crippen LogP contribution in [-0.4, -0.2) is 5.78 Å². The topological polar surface area (TPSA) is 41.1 Å². The first kappa shape index (κ1) is 16.2. The number of carbonyl (C=O) groups is 1. The van der Waals surface area contributed by atoms with Crippen LogP contribution in [0.1, 0.15) is 38.3 Å². The van der Waals surface area contributed by atoms with E-state index in [4.69, 9.17) is 11.6 Å². The number of hydrogen-bond donors (Lipinski definition) is 2. The quantitative estimate of drug-likeness (QED) is 0.705. The van der Waals surface area contributed by atoms with E-state index in [9.17, 15) is 4.79 Å². The maximum atomic E-state index is 13.0.